The highest BCUT2D eigenvalue weighted by Gasteiger charge is 2.13. The van der Waals surface area contributed by atoms with Gasteiger partial charge in [-0.25, -0.2) is 0 Å². The minimum absolute atomic E-state index is 0.152. The number of hydrogen-bond donors (Lipinski definition) is 1. The van der Waals surface area contributed by atoms with Gasteiger partial charge in [-0.3, -0.25) is 4.79 Å². The summed E-state index contributed by atoms with van der Waals surface area (Å²) in [6.07, 6.45) is 0.598. The summed E-state index contributed by atoms with van der Waals surface area (Å²) in [5, 5.41) is 10.5. The molecule has 3 nitrogen and oxygen atoms in total. The van der Waals surface area contributed by atoms with Crippen LogP contribution in [-0.4, -0.2) is 18.5 Å². The van der Waals surface area contributed by atoms with Crippen LogP contribution in [0.4, 0.5) is 0 Å². The molecule has 2 aromatic carbocycles. The van der Waals surface area contributed by atoms with E-state index < -0.39 is 0 Å². The van der Waals surface area contributed by atoms with Crippen molar-refractivity contribution in [3.63, 3.8) is 0 Å². The lowest BCUT2D eigenvalue weighted by Gasteiger charge is -2.12. The van der Waals surface area contributed by atoms with Crippen LogP contribution in [0, 0.1) is 6.92 Å². The average molecular weight is 277 g/mol. The molecule has 0 atom stereocenters. The van der Waals surface area contributed by atoms with Gasteiger partial charge in [0.1, 0.15) is 0 Å². The van der Waals surface area contributed by atoms with Crippen LogP contribution in [0.15, 0.2) is 30.3 Å². The molecule has 0 aliphatic rings. The highest BCUT2D eigenvalue weighted by molar-refractivity contribution is 6.31. The van der Waals surface area contributed by atoms with Crippen molar-refractivity contribution in [2.24, 2.45) is 0 Å². The second kappa shape index (κ2) is 5.33. The standard InChI is InChI=1S/C15H13ClO3/c1-9-12(4-3-5-13(9)16)10-6-11(8-17)15(18)14(7-10)19-2/h3-8,18H,1-2H3. The van der Waals surface area contributed by atoms with Crippen molar-refractivity contribution in [2.45, 2.75) is 6.92 Å². The Balaban J connectivity index is 2.69. The number of halogens is 1. The molecule has 0 spiro atoms. The smallest absolute Gasteiger partial charge is 0.168 e. The number of ether oxygens (including phenoxy) is 1. The number of phenols is 1. The first-order valence-electron chi connectivity index (χ1n) is 5.70. The summed E-state index contributed by atoms with van der Waals surface area (Å²) in [5.74, 6) is 0.111. The fourth-order valence-corrected chi connectivity index (χ4v) is 2.13. The van der Waals surface area contributed by atoms with Crippen LogP contribution in [-0.2, 0) is 0 Å². The lowest BCUT2D eigenvalue weighted by Crippen LogP contribution is -1.92. The molecule has 0 saturated heterocycles. The second-order valence-corrected chi connectivity index (χ2v) is 4.55. The van der Waals surface area contributed by atoms with E-state index in [0.717, 1.165) is 16.7 Å². The molecular formula is C15H13ClO3. The Labute approximate surface area is 116 Å². The van der Waals surface area contributed by atoms with E-state index in [0.29, 0.717) is 11.3 Å². The largest absolute Gasteiger partial charge is 0.504 e. The molecule has 0 amide bonds. The molecule has 0 saturated carbocycles. The van der Waals surface area contributed by atoms with E-state index in [1.807, 2.05) is 19.1 Å². The van der Waals surface area contributed by atoms with E-state index >= 15 is 0 Å². The number of carbonyl (C=O) groups excluding carboxylic acids is 1. The lowest BCUT2D eigenvalue weighted by molar-refractivity contribution is 0.112. The molecule has 19 heavy (non-hydrogen) atoms. The number of rotatable bonds is 3. The number of hydrogen-bond acceptors (Lipinski definition) is 3. The van der Waals surface area contributed by atoms with E-state index in [1.165, 1.54) is 7.11 Å². The van der Waals surface area contributed by atoms with Gasteiger partial charge in [-0.1, -0.05) is 23.7 Å². The van der Waals surface area contributed by atoms with Gasteiger partial charge < -0.3 is 9.84 Å². The quantitative estimate of drug-likeness (QED) is 0.867. The molecule has 0 aromatic heterocycles. The SMILES string of the molecule is COc1cc(-c2cccc(Cl)c2C)cc(C=O)c1O. The lowest BCUT2D eigenvalue weighted by atomic mass is 9.98. The molecule has 0 aliphatic carbocycles. The van der Waals surface area contributed by atoms with E-state index in [1.54, 1.807) is 18.2 Å². The van der Waals surface area contributed by atoms with E-state index in [2.05, 4.69) is 0 Å². The van der Waals surface area contributed by atoms with Crippen molar-refractivity contribution in [1.29, 1.82) is 0 Å². The van der Waals surface area contributed by atoms with Crippen LogP contribution in [0.1, 0.15) is 15.9 Å². The van der Waals surface area contributed by atoms with Gasteiger partial charge in [-0.2, -0.15) is 0 Å². The Morgan fingerprint density at radius 2 is 2.05 bits per heavy atom. The highest BCUT2D eigenvalue weighted by atomic mass is 35.5. The maximum Gasteiger partial charge on any atom is 0.168 e. The van der Waals surface area contributed by atoms with E-state index in [4.69, 9.17) is 16.3 Å². The van der Waals surface area contributed by atoms with Crippen molar-refractivity contribution in [1.82, 2.24) is 0 Å². The Morgan fingerprint density at radius 3 is 2.68 bits per heavy atom. The van der Waals surface area contributed by atoms with E-state index in [-0.39, 0.29) is 17.1 Å². The summed E-state index contributed by atoms with van der Waals surface area (Å²) >= 11 is 6.09. The summed E-state index contributed by atoms with van der Waals surface area (Å²) in [6.45, 7) is 1.90. The minimum Gasteiger partial charge on any atom is -0.504 e. The molecule has 2 rings (SSSR count). The molecule has 2 aromatic rings. The number of aromatic hydroxyl groups is 1. The fraction of sp³-hybridized carbons (Fsp3) is 0.133. The minimum atomic E-state index is -0.152. The van der Waals surface area contributed by atoms with Gasteiger partial charge in [0.25, 0.3) is 0 Å². The predicted octanol–water partition coefficient (Wildman–Crippen LogP) is 3.84. The third-order valence-corrected chi connectivity index (χ3v) is 3.44. The van der Waals surface area contributed by atoms with Gasteiger partial charge >= 0.3 is 0 Å². The molecule has 0 bridgehead atoms. The zero-order valence-electron chi connectivity index (χ0n) is 10.6. The zero-order chi connectivity index (χ0) is 14.0. The normalized spacial score (nSPS) is 10.3. The van der Waals surface area contributed by atoms with Crippen molar-refractivity contribution >= 4 is 17.9 Å². The number of aldehydes is 1. The second-order valence-electron chi connectivity index (χ2n) is 4.15. The third-order valence-electron chi connectivity index (χ3n) is 3.03. The Morgan fingerprint density at radius 1 is 1.32 bits per heavy atom. The van der Waals surface area contributed by atoms with E-state index in [9.17, 15) is 9.90 Å². The third kappa shape index (κ3) is 2.42. The number of methoxy groups -OCH3 is 1. The maximum atomic E-state index is 11.0. The zero-order valence-corrected chi connectivity index (χ0v) is 11.4. The number of phenolic OH excluding ortho intramolecular Hbond substituents is 1. The highest BCUT2D eigenvalue weighted by Crippen LogP contribution is 2.36. The summed E-state index contributed by atoms with van der Waals surface area (Å²) in [5.41, 5.74) is 2.77. The van der Waals surface area contributed by atoms with Gasteiger partial charge in [-0.05, 0) is 41.8 Å². The summed E-state index contributed by atoms with van der Waals surface area (Å²) in [7, 11) is 1.44. The fourth-order valence-electron chi connectivity index (χ4n) is 1.95. The first-order valence-corrected chi connectivity index (χ1v) is 6.08. The Bertz CT molecular complexity index is 636. The van der Waals surface area contributed by atoms with Gasteiger partial charge in [0.05, 0.1) is 12.7 Å². The number of carbonyl (C=O) groups is 1. The van der Waals surface area contributed by atoms with Crippen LogP contribution >= 0.6 is 11.6 Å². The maximum absolute atomic E-state index is 11.0. The average Bonchev–Trinajstić information content (AvgIpc) is 2.42. The van der Waals surface area contributed by atoms with Gasteiger partial charge in [0.15, 0.2) is 17.8 Å². The van der Waals surface area contributed by atoms with Crippen LogP contribution in [0.3, 0.4) is 0 Å². The number of benzene rings is 2. The Hall–Kier alpha value is -2.00. The van der Waals surface area contributed by atoms with Crippen LogP contribution in [0.2, 0.25) is 5.02 Å². The molecule has 1 N–H and O–H groups in total. The van der Waals surface area contributed by atoms with Crippen molar-refractivity contribution in [2.75, 3.05) is 7.11 Å². The molecule has 0 aliphatic heterocycles. The topological polar surface area (TPSA) is 46.5 Å². The molecule has 4 heteroatoms. The molecule has 0 fully saturated rings. The van der Waals surface area contributed by atoms with Crippen LogP contribution < -0.4 is 4.74 Å². The molecule has 0 heterocycles. The Kier molecular flexibility index (Phi) is 3.76. The molecular weight excluding hydrogens is 264 g/mol. The van der Waals surface area contributed by atoms with Gasteiger partial charge in [0, 0.05) is 5.02 Å². The predicted molar refractivity (Wildman–Crippen MR) is 75.2 cm³/mol. The van der Waals surface area contributed by atoms with Crippen molar-refractivity contribution in [3.05, 3.63) is 46.5 Å². The molecule has 0 unspecified atom stereocenters. The molecule has 98 valence electrons. The summed E-state index contributed by atoms with van der Waals surface area (Å²) in [4.78, 5) is 11.0. The van der Waals surface area contributed by atoms with Crippen LogP contribution in [0.25, 0.3) is 11.1 Å². The van der Waals surface area contributed by atoms with Crippen molar-refractivity contribution in [3.8, 4) is 22.6 Å². The van der Waals surface area contributed by atoms with Crippen LogP contribution in [0.5, 0.6) is 11.5 Å². The van der Waals surface area contributed by atoms with Gasteiger partial charge in [-0.15, -0.1) is 0 Å². The monoisotopic (exact) mass is 276 g/mol. The first kappa shape index (κ1) is 13.4. The van der Waals surface area contributed by atoms with Crippen molar-refractivity contribution < 1.29 is 14.6 Å². The molecule has 0 radical (unpaired) electrons. The summed E-state index contributed by atoms with van der Waals surface area (Å²) < 4.78 is 5.08. The summed E-state index contributed by atoms with van der Waals surface area (Å²) in [6, 6.07) is 8.84. The van der Waals surface area contributed by atoms with Gasteiger partial charge in [0.2, 0.25) is 0 Å². The first-order chi connectivity index (χ1) is 9.08.